The number of ether oxygens (including phenoxy) is 1. The largest absolute Gasteiger partial charge is 0.491 e. The molecule has 0 heterocycles. The normalized spacial score (nSPS) is 12.5. The molecule has 0 aromatic heterocycles. The molecule has 0 saturated carbocycles. The Kier molecular flexibility index (Phi) is 6.45. The van der Waals surface area contributed by atoms with Crippen molar-refractivity contribution < 1.29 is 26.5 Å². The third-order valence-electron chi connectivity index (χ3n) is 3.15. The highest BCUT2D eigenvalue weighted by Crippen LogP contribution is 2.18. The lowest BCUT2D eigenvalue weighted by molar-refractivity contribution is -0.108. The third kappa shape index (κ3) is 5.43. The van der Waals surface area contributed by atoms with E-state index in [4.69, 9.17) is 8.92 Å². The second-order valence-electron chi connectivity index (χ2n) is 4.99. The Hall–Kier alpha value is -2.25. The number of aldehydes is 1. The van der Waals surface area contributed by atoms with Crippen LogP contribution in [0.4, 0.5) is 4.39 Å². The summed E-state index contributed by atoms with van der Waals surface area (Å²) in [5.74, 6) is -0.0176. The van der Waals surface area contributed by atoms with Gasteiger partial charge in [0.25, 0.3) is 10.1 Å². The van der Waals surface area contributed by atoms with Gasteiger partial charge in [0.1, 0.15) is 30.6 Å². The summed E-state index contributed by atoms with van der Waals surface area (Å²) in [6.45, 7) is -0.0778. The minimum absolute atomic E-state index is 0.0304. The van der Waals surface area contributed by atoms with Crippen molar-refractivity contribution in [3.8, 4) is 5.75 Å². The van der Waals surface area contributed by atoms with Crippen molar-refractivity contribution in [2.24, 2.45) is 0 Å². The summed E-state index contributed by atoms with van der Waals surface area (Å²) < 4.78 is 48.0. The van der Waals surface area contributed by atoms with E-state index in [9.17, 15) is 17.6 Å². The minimum atomic E-state index is -3.96. The number of rotatable bonds is 9. The fourth-order valence-electron chi connectivity index (χ4n) is 1.96. The first kappa shape index (κ1) is 18.1. The highest BCUT2D eigenvalue weighted by molar-refractivity contribution is 7.86. The quantitative estimate of drug-likeness (QED) is 0.513. The molecule has 2 aromatic carbocycles. The van der Waals surface area contributed by atoms with Gasteiger partial charge in [0.15, 0.2) is 0 Å². The average Bonchev–Trinajstić information content (AvgIpc) is 2.59. The molecule has 0 aliphatic heterocycles. The van der Waals surface area contributed by atoms with Crippen molar-refractivity contribution in [3.05, 3.63) is 60.4 Å². The zero-order valence-corrected chi connectivity index (χ0v) is 13.6. The van der Waals surface area contributed by atoms with Crippen molar-refractivity contribution >= 4 is 16.4 Å². The van der Waals surface area contributed by atoms with Crippen molar-refractivity contribution in [1.82, 2.24) is 0 Å². The Morgan fingerprint density at radius 3 is 2.33 bits per heavy atom. The molecule has 0 aliphatic rings. The van der Waals surface area contributed by atoms with Gasteiger partial charge in [0.2, 0.25) is 0 Å². The number of carbonyl (C=O) groups excluding carboxylic acids is 1. The van der Waals surface area contributed by atoms with Crippen molar-refractivity contribution in [2.45, 2.75) is 23.8 Å². The molecule has 0 spiro atoms. The van der Waals surface area contributed by atoms with Crippen LogP contribution in [0.15, 0.2) is 59.5 Å². The molecule has 2 aromatic rings. The first-order valence-electron chi connectivity index (χ1n) is 7.31. The molecule has 0 unspecified atom stereocenters. The average molecular weight is 352 g/mol. The van der Waals surface area contributed by atoms with E-state index in [2.05, 4.69) is 0 Å². The second kappa shape index (κ2) is 8.56. The van der Waals surface area contributed by atoms with Gasteiger partial charge in [0.05, 0.1) is 4.90 Å². The molecule has 2 rings (SSSR count). The number of halogens is 1. The van der Waals surface area contributed by atoms with Gasteiger partial charge in [-0.25, -0.2) is 4.39 Å². The van der Waals surface area contributed by atoms with Gasteiger partial charge in [0, 0.05) is 6.42 Å². The van der Waals surface area contributed by atoms with E-state index in [0.29, 0.717) is 12.0 Å². The molecule has 0 radical (unpaired) electrons. The predicted molar refractivity (Wildman–Crippen MR) is 85.7 cm³/mol. The van der Waals surface area contributed by atoms with Crippen LogP contribution in [-0.2, 0) is 19.1 Å². The maximum atomic E-state index is 12.9. The van der Waals surface area contributed by atoms with Crippen molar-refractivity contribution in [1.29, 1.82) is 0 Å². The lowest BCUT2D eigenvalue weighted by Crippen LogP contribution is -2.25. The second-order valence-corrected chi connectivity index (χ2v) is 6.57. The highest BCUT2D eigenvalue weighted by Gasteiger charge is 2.22. The van der Waals surface area contributed by atoms with E-state index in [1.54, 1.807) is 18.2 Å². The van der Waals surface area contributed by atoms with E-state index >= 15 is 0 Å². The maximum absolute atomic E-state index is 12.9. The monoisotopic (exact) mass is 352 g/mol. The van der Waals surface area contributed by atoms with Crippen molar-refractivity contribution in [3.63, 3.8) is 0 Å². The van der Waals surface area contributed by atoms with E-state index < -0.39 is 22.0 Å². The lowest BCUT2D eigenvalue weighted by Gasteiger charge is -2.17. The van der Waals surface area contributed by atoms with Crippen LogP contribution in [0, 0.1) is 5.82 Å². The zero-order chi connectivity index (χ0) is 17.4. The van der Waals surface area contributed by atoms with Gasteiger partial charge in [-0.05, 0) is 42.8 Å². The Morgan fingerprint density at radius 1 is 1.04 bits per heavy atom. The number of hydrogen-bond donors (Lipinski definition) is 0. The van der Waals surface area contributed by atoms with Crippen LogP contribution in [0.3, 0.4) is 0 Å². The number of benzene rings is 2. The summed E-state index contributed by atoms with van der Waals surface area (Å²) >= 11 is 0. The molecule has 24 heavy (non-hydrogen) atoms. The van der Waals surface area contributed by atoms with E-state index in [0.717, 1.165) is 0 Å². The van der Waals surface area contributed by atoms with Crippen LogP contribution in [0.25, 0.3) is 0 Å². The lowest BCUT2D eigenvalue weighted by atomic mass is 10.2. The summed E-state index contributed by atoms with van der Waals surface area (Å²) in [4.78, 5) is 10.6. The molecule has 0 bridgehead atoms. The van der Waals surface area contributed by atoms with Gasteiger partial charge in [-0.1, -0.05) is 18.2 Å². The number of carbonyl (C=O) groups is 1. The van der Waals surface area contributed by atoms with Gasteiger partial charge >= 0.3 is 0 Å². The Labute approximate surface area is 140 Å². The highest BCUT2D eigenvalue weighted by atomic mass is 32.2. The molecule has 0 N–H and O–H groups in total. The standard InChI is InChI=1S/C17H17FO5S/c18-14-8-10-15(11-9-14)22-13-16(5-4-12-19)23-24(20,21)17-6-2-1-3-7-17/h1-3,6-12,16H,4-5,13H2/t16-/m1/s1. The minimum Gasteiger partial charge on any atom is -0.491 e. The van der Waals surface area contributed by atoms with Gasteiger partial charge in [-0.3, -0.25) is 4.18 Å². The van der Waals surface area contributed by atoms with Crippen LogP contribution in [0.2, 0.25) is 0 Å². The molecule has 0 amide bonds. The Morgan fingerprint density at radius 2 is 1.71 bits per heavy atom. The SMILES string of the molecule is O=CCC[C@H](COc1ccc(F)cc1)OS(=O)(=O)c1ccccc1. The molecule has 7 heteroatoms. The van der Waals surface area contributed by atoms with Crippen LogP contribution >= 0.6 is 0 Å². The van der Waals surface area contributed by atoms with Gasteiger partial charge in [-0.15, -0.1) is 0 Å². The predicted octanol–water partition coefficient (Wildman–Crippen LogP) is 2.96. The zero-order valence-electron chi connectivity index (χ0n) is 12.8. The van der Waals surface area contributed by atoms with E-state index in [-0.39, 0.29) is 24.3 Å². The molecule has 0 aliphatic carbocycles. The molecule has 0 fully saturated rings. The van der Waals surface area contributed by atoms with E-state index in [1.165, 1.54) is 36.4 Å². The summed E-state index contributed by atoms with van der Waals surface area (Å²) in [5.41, 5.74) is 0. The summed E-state index contributed by atoms with van der Waals surface area (Å²) in [5, 5.41) is 0. The van der Waals surface area contributed by atoms with Crippen LogP contribution < -0.4 is 4.74 Å². The summed E-state index contributed by atoms with van der Waals surface area (Å²) in [6.07, 6.45) is 0.187. The number of hydrogen-bond acceptors (Lipinski definition) is 5. The van der Waals surface area contributed by atoms with E-state index in [1.807, 2.05) is 0 Å². The maximum Gasteiger partial charge on any atom is 0.297 e. The van der Waals surface area contributed by atoms with Crippen LogP contribution in [0.1, 0.15) is 12.8 Å². The summed E-state index contributed by atoms with van der Waals surface area (Å²) in [6, 6.07) is 13.0. The topological polar surface area (TPSA) is 69.7 Å². The Balaban J connectivity index is 2.04. The molecule has 128 valence electrons. The van der Waals surface area contributed by atoms with Gasteiger partial charge in [-0.2, -0.15) is 8.42 Å². The van der Waals surface area contributed by atoms with Crippen LogP contribution in [0.5, 0.6) is 5.75 Å². The van der Waals surface area contributed by atoms with Gasteiger partial charge < -0.3 is 9.53 Å². The smallest absolute Gasteiger partial charge is 0.297 e. The molecule has 1 atom stereocenters. The summed E-state index contributed by atoms with van der Waals surface area (Å²) in [7, 11) is -3.96. The molecular formula is C17H17FO5S. The fraction of sp³-hybridized carbons (Fsp3) is 0.235. The molecule has 5 nitrogen and oxygen atoms in total. The first-order valence-corrected chi connectivity index (χ1v) is 8.72. The third-order valence-corrected chi connectivity index (χ3v) is 4.53. The fourth-order valence-corrected chi connectivity index (χ4v) is 3.07. The van der Waals surface area contributed by atoms with Crippen molar-refractivity contribution in [2.75, 3.05) is 6.61 Å². The Bertz CT molecular complexity index is 744. The molecular weight excluding hydrogens is 335 g/mol. The molecule has 0 saturated heterocycles. The van der Waals surface area contributed by atoms with Crippen LogP contribution in [-0.4, -0.2) is 27.4 Å². The first-order chi connectivity index (χ1) is 11.5.